The molecule has 1 unspecified atom stereocenters. The zero-order valence-corrected chi connectivity index (χ0v) is 7.66. The van der Waals surface area contributed by atoms with E-state index in [1.165, 1.54) is 0 Å². The minimum atomic E-state index is -0.494. The van der Waals surface area contributed by atoms with Gasteiger partial charge in [0.05, 0.1) is 12.3 Å². The van der Waals surface area contributed by atoms with Gasteiger partial charge in [-0.1, -0.05) is 5.16 Å². The number of aromatic nitrogens is 1. The van der Waals surface area contributed by atoms with Crippen LogP contribution in [0.3, 0.4) is 0 Å². The lowest BCUT2D eigenvalue weighted by Crippen LogP contribution is -2.17. The lowest BCUT2D eigenvalue weighted by Gasteiger charge is -2.07. The summed E-state index contributed by atoms with van der Waals surface area (Å²) in [4.78, 5) is 0. The maximum Gasteiger partial charge on any atom is 0.145 e. The molecule has 1 aliphatic rings. The van der Waals surface area contributed by atoms with Gasteiger partial charge in [-0.05, 0) is 19.9 Å². The summed E-state index contributed by atoms with van der Waals surface area (Å²) in [5, 5.41) is 16.4. The zero-order valence-electron chi connectivity index (χ0n) is 7.66. The molecule has 2 rings (SSSR count). The second kappa shape index (κ2) is 3.47. The van der Waals surface area contributed by atoms with E-state index in [2.05, 4.69) is 10.5 Å². The number of aliphatic hydroxyl groups is 1. The largest absolute Gasteiger partial charge is 0.387 e. The van der Waals surface area contributed by atoms with Crippen molar-refractivity contribution in [3.63, 3.8) is 0 Å². The fourth-order valence-corrected chi connectivity index (χ4v) is 1.47. The predicted molar refractivity (Wildman–Crippen MR) is 47.4 cm³/mol. The van der Waals surface area contributed by atoms with Crippen molar-refractivity contribution in [3.8, 4) is 0 Å². The lowest BCUT2D eigenvalue weighted by molar-refractivity contribution is 0.175. The third-order valence-electron chi connectivity index (χ3n) is 2.33. The highest BCUT2D eigenvalue weighted by molar-refractivity contribution is 5.23. The molecule has 1 aliphatic carbocycles. The van der Waals surface area contributed by atoms with E-state index < -0.39 is 6.10 Å². The number of nitrogens with zero attached hydrogens (tertiary/aromatic N) is 1. The van der Waals surface area contributed by atoms with Crippen LogP contribution in [0.1, 0.15) is 36.2 Å². The topological polar surface area (TPSA) is 58.3 Å². The highest BCUT2D eigenvalue weighted by Gasteiger charge is 2.31. The Morgan fingerprint density at radius 2 is 2.54 bits per heavy atom. The van der Waals surface area contributed by atoms with Gasteiger partial charge in [0.15, 0.2) is 0 Å². The number of hydrogen-bond donors (Lipinski definition) is 2. The molecule has 1 aromatic rings. The van der Waals surface area contributed by atoms with Crippen molar-refractivity contribution >= 4 is 0 Å². The van der Waals surface area contributed by atoms with E-state index in [-0.39, 0.29) is 0 Å². The first-order valence-corrected chi connectivity index (χ1v) is 4.60. The summed E-state index contributed by atoms with van der Waals surface area (Å²) >= 11 is 0. The molecule has 0 radical (unpaired) electrons. The Hall–Kier alpha value is -0.870. The molecule has 0 amide bonds. The first-order chi connectivity index (χ1) is 6.33. The molecule has 1 atom stereocenters. The molecule has 1 aromatic heterocycles. The summed E-state index contributed by atoms with van der Waals surface area (Å²) in [5.74, 6) is 1.38. The highest BCUT2D eigenvalue weighted by atomic mass is 16.5. The van der Waals surface area contributed by atoms with Gasteiger partial charge in [-0.3, -0.25) is 0 Å². The zero-order chi connectivity index (χ0) is 9.26. The van der Waals surface area contributed by atoms with Gasteiger partial charge < -0.3 is 14.9 Å². The van der Waals surface area contributed by atoms with Crippen molar-refractivity contribution < 1.29 is 9.63 Å². The molecule has 0 aromatic carbocycles. The average Bonchev–Trinajstić information content (AvgIpc) is 2.84. The molecule has 1 saturated carbocycles. The van der Waals surface area contributed by atoms with Crippen LogP contribution < -0.4 is 5.32 Å². The van der Waals surface area contributed by atoms with Crippen LogP contribution in [-0.2, 0) is 0 Å². The van der Waals surface area contributed by atoms with Gasteiger partial charge >= 0.3 is 0 Å². The van der Waals surface area contributed by atoms with Gasteiger partial charge in [0.2, 0.25) is 0 Å². The second-order valence-corrected chi connectivity index (χ2v) is 3.49. The quantitative estimate of drug-likeness (QED) is 0.723. The standard InChI is InChI=1S/C9H14N2O2/c1-10-5-8(12)7-4-11-13-9(7)6-2-3-6/h4,6,8,10,12H,2-3,5H2,1H3. The van der Waals surface area contributed by atoms with Crippen molar-refractivity contribution in [3.05, 3.63) is 17.5 Å². The summed E-state index contributed by atoms with van der Waals surface area (Å²) in [6, 6.07) is 0. The monoisotopic (exact) mass is 182 g/mol. The molecule has 1 heterocycles. The van der Waals surface area contributed by atoms with E-state index >= 15 is 0 Å². The lowest BCUT2D eigenvalue weighted by atomic mass is 10.1. The van der Waals surface area contributed by atoms with Crippen molar-refractivity contribution in [2.45, 2.75) is 24.9 Å². The van der Waals surface area contributed by atoms with Crippen molar-refractivity contribution in [1.82, 2.24) is 10.5 Å². The number of likely N-dealkylation sites (N-methyl/N-ethyl adjacent to an activating group) is 1. The first kappa shape index (κ1) is 8.72. The van der Waals surface area contributed by atoms with Gasteiger partial charge in [0.25, 0.3) is 0 Å². The van der Waals surface area contributed by atoms with E-state index in [1.54, 1.807) is 6.20 Å². The highest BCUT2D eigenvalue weighted by Crippen LogP contribution is 2.42. The minimum Gasteiger partial charge on any atom is -0.387 e. The van der Waals surface area contributed by atoms with Crippen LogP contribution in [0.15, 0.2) is 10.7 Å². The summed E-state index contributed by atoms with van der Waals surface area (Å²) in [6.07, 6.45) is 3.45. The summed E-state index contributed by atoms with van der Waals surface area (Å²) in [5.41, 5.74) is 0.844. The van der Waals surface area contributed by atoms with Crippen LogP contribution in [0.2, 0.25) is 0 Å². The molecule has 2 N–H and O–H groups in total. The minimum absolute atomic E-state index is 0.494. The van der Waals surface area contributed by atoms with Gasteiger partial charge in [0.1, 0.15) is 5.76 Å². The third-order valence-corrected chi connectivity index (χ3v) is 2.33. The first-order valence-electron chi connectivity index (χ1n) is 4.60. The van der Waals surface area contributed by atoms with Crippen LogP contribution >= 0.6 is 0 Å². The van der Waals surface area contributed by atoms with Crippen LogP contribution in [0.4, 0.5) is 0 Å². The fourth-order valence-electron chi connectivity index (χ4n) is 1.47. The number of nitrogens with one attached hydrogen (secondary N) is 1. The molecular formula is C9H14N2O2. The van der Waals surface area contributed by atoms with Crippen molar-refractivity contribution in [2.75, 3.05) is 13.6 Å². The molecule has 0 saturated heterocycles. The summed E-state index contributed by atoms with van der Waals surface area (Å²) in [6.45, 7) is 0.543. The van der Waals surface area contributed by atoms with Gasteiger partial charge in [-0.2, -0.15) is 0 Å². The van der Waals surface area contributed by atoms with Crippen LogP contribution in [0.25, 0.3) is 0 Å². The maximum absolute atomic E-state index is 9.70. The Kier molecular flexibility index (Phi) is 2.33. The molecular weight excluding hydrogens is 168 g/mol. The Morgan fingerprint density at radius 3 is 3.15 bits per heavy atom. The molecule has 0 bridgehead atoms. The van der Waals surface area contributed by atoms with Crippen LogP contribution in [0, 0.1) is 0 Å². The van der Waals surface area contributed by atoms with Crippen molar-refractivity contribution in [2.24, 2.45) is 0 Å². The maximum atomic E-state index is 9.70. The number of aliphatic hydroxyl groups excluding tert-OH is 1. The Labute approximate surface area is 76.9 Å². The fraction of sp³-hybridized carbons (Fsp3) is 0.667. The molecule has 0 aliphatic heterocycles. The second-order valence-electron chi connectivity index (χ2n) is 3.49. The Balaban J connectivity index is 2.13. The van der Waals surface area contributed by atoms with E-state index in [1.807, 2.05) is 7.05 Å². The molecule has 4 heteroatoms. The molecule has 1 fully saturated rings. The van der Waals surface area contributed by atoms with Gasteiger partial charge in [-0.25, -0.2) is 0 Å². The van der Waals surface area contributed by atoms with E-state index in [4.69, 9.17) is 4.52 Å². The molecule has 4 nitrogen and oxygen atoms in total. The average molecular weight is 182 g/mol. The molecule has 72 valence electrons. The molecule has 0 spiro atoms. The van der Waals surface area contributed by atoms with Gasteiger partial charge in [-0.15, -0.1) is 0 Å². The summed E-state index contributed by atoms with van der Waals surface area (Å²) < 4.78 is 5.12. The third kappa shape index (κ3) is 1.73. The number of rotatable bonds is 4. The SMILES string of the molecule is CNCC(O)c1cnoc1C1CC1. The smallest absolute Gasteiger partial charge is 0.145 e. The van der Waals surface area contributed by atoms with E-state index in [9.17, 15) is 5.11 Å². The van der Waals surface area contributed by atoms with Crippen molar-refractivity contribution in [1.29, 1.82) is 0 Å². The Bertz CT molecular complexity index is 281. The normalized spacial score (nSPS) is 18.9. The van der Waals surface area contributed by atoms with Crippen LogP contribution in [-0.4, -0.2) is 23.9 Å². The summed E-state index contributed by atoms with van der Waals surface area (Å²) in [7, 11) is 1.81. The van der Waals surface area contributed by atoms with E-state index in [0.717, 1.165) is 24.2 Å². The Morgan fingerprint density at radius 1 is 1.77 bits per heavy atom. The predicted octanol–water partition coefficient (Wildman–Crippen LogP) is 0.805. The van der Waals surface area contributed by atoms with Crippen LogP contribution in [0.5, 0.6) is 0 Å². The molecule has 13 heavy (non-hydrogen) atoms. The van der Waals surface area contributed by atoms with E-state index in [0.29, 0.717) is 12.5 Å². The van der Waals surface area contributed by atoms with Gasteiger partial charge in [0, 0.05) is 18.0 Å². The number of hydrogen-bond acceptors (Lipinski definition) is 4.